The molecule has 8 heteroatoms. The third-order valence-corrected chi connectivity index (χ3v) is 3.75. The van der Waals surface area contributed by atoms with Crippen molar-refractivity contribution in [1.29, 1.82) is 5.26 Å². The van der Waals surface area contributed by atoms with Crippen LogP contribution in [0.3, 0.4) is 0 Å². The van der Waals surface area contributed by atoms with Gasteiger partial charge in [0, 0.05) is 11.1 Å². The number of fused-ring (bicyclic) bond motifs is 1. The van der Waals surface area contributed by atoms with E-state index in [0.717, 1.165) is 5.56 Å². The molecule has 0 fully saturated rings. The van der Waals surface area contributed by atoms with Crippen LogP contribution in [0.2, 0.25) is 0 Å². The number of hydrogen-bond donors (Lipinski definition) is 1. The molecule has 2 heterocycles. The molecular weight excluding hydrogens is 330 g/mol. The fourth-order valence-electron chi connectivity index (χ4n) is 2.78. The van der Waals surface area contributed by atoms with Crippen LogP contribution in [0.5, 0.6) is 11.5 Å². The third kappa shape index (κ3) is 2.55. The monoisotopic (exact) mass is 340 g/mol. The fourth-order valence-corrected chi connectivity index (χ4v) is 2.78. The Morgan fingerprint density at radius 3 is 2.76 bits per heavy atom. The Labute approximate surface area is 140 Å². The zero-order valence-corrected chi connectivity index (χ0v) is 12.9. The van der Waals surface area contributed by atoms with Crippen molar-refractivity contribution in [2.75, 3.05) is 0 Å². The van der Waals surface area contributed by atoms with Crippen molar-refractivity contribution in [3.05, 3.63) is 47.7 Å². The number of halogens is 2. The van der Waals surface area contributed by atoms with Gasteiger partial charge in [-0.3, -0.25) is 0 Å². The largest absolute Gasteiger partial charge is 0.586 e. The van der Waals surface area contributed by atoms with Crippen LogP contribution in [0.4, 0.5) is 8.78 Å². The summed E-state index contributed by atoms with van der Waals surface area (Å²) in [5.41, 5.74) is 3.22. The van der Waals surface area contributed by atoms with Crippen LogP contribution in [0.1, 0.15) is 11.3 Å². The van der Waals surface area contributed by atoms with Crippen molar-refractivity contribution in [1.82, 2.24) is 15.4 Å². The van der Waals surface area contributed by atoms with E-state index in [9.17, 15) is 8.78 Å². The Balaban J connectivity index is 1.87. The molecular formula is C17H10F2N4O2. The normalized spacial score (nSPS) is 14.3. The molecule has 0 saturated heterocycles. The SMILES string of the molecule is Cc1cc(-c2cccc3c2OC(F)(F)O3)cc(-c2nn[nH]c2C#N)c1. The predicted octanol–water partition coefficient (Wildman–Crippen LogP) is 3.64. The fraction of sp³-hybridized carbons (Fsp3) is 0.118. The molecule has 1 N–H and O–H groups in total. The van der Waals surface area contributed by atoms with E-state index in [1.807, 2.05) is 25.1 Å². The van der Waals surface area contributed by atoms with Gasteiger partial charge in [-0.2, -0.15) is 5.26 Å². The van der Waals surface area contributed by atoms with Crippen molar-refractivity contribution >= 4 is 0 Å². The summed E-state index contributed by atoms with van der Waals surface area (Å²) in [6.07, 6.45) is -3.69. The van der Waals surface area contributed by atoms with Crippen molar-refractivity contribution in [3.63, 3.8) is 0 Å². The lowest BCUT2D eigenvalue weighted by Crippen LogP contribution is -2.26. The molecule has 0 amide bonds. The average molecular weight is 340 g/mol. The van der Waals surface area contributed by atoms with Crippen LogP contribution >= 0.6 is 0 Å². The maximum absolute atomic E-state index is 13.4. The highest BCUT2D eigenvalue weighted by molar-refractivity contribution is 5.79. The maximum Gasteiger partial charge on any atom is 0.586 e. The van der Waals surface area contributed by atoms with Crippen LogP contribution in [0.25, 0.3) is 22.4 Å². The van der Waals surface area contributed by atoms with Crippen LogP contribution in [0, 0.1) is 18.3 Å². The van der Waals surface area contributed by atoms with Gasteiger partial charge in [0.15, 0.2) is 17.2 Å². The molecule has 0 spiro atoms. The first-order valence-corrected chi connectivity index (χ1v) is 7.29. The standard InChI is InChI=1S/C17H10F2N4O2/c1-9-5-10(7-11(6-9)15-13(8-20)21-23-22-15)12-3-2-4-14-16(12)25-17(18,19)24-14/h2-7H,1H3,(H,21,22,23). The Bertz CT molecular complexity index is 1020. The van der Waals surface area contributed by atoms with E-state index in [2.05, 4.69) is 24.9 Å². The molecule has 124 valence electrons. The third-order valence-electron chi connectivity index (χ3n) is 3.75. The van der Waals surface area contributed by atoms with E-state index in [0.29, 0.717) is 22.4 Å². The number of alkyl halides is 2. The van der Waals surface area contributed by atoms with Crippen molar-refractivity contribution in [2.24, 2.45) is 0 Å². The van der Waals surface area contributed by atoms with Gasteiger partial charge in [-0.25, -0.2) is 5.10 Å². The van der Waals surface area contributed by atoms with Crippen molar-refractivity contribution in [3.8, 4) is 40.0 Å². The lowest BCUT2D eigenvalue weighted by atomic mass is 9.97. The van der Waals surface area contributed by atoms with Gasteiger partial charge in [-0.15, -0.1) is 13.9 Å². The molecule has 0 radical (unpaired) electrons. The smallest absolute Gasteiger partial charge is 0.395 e. The highest BCUT2D eigenvalue weighted by atomic mass is 19.3. The molecule has 0 atom stereocenters. The highest BCUT2D eigenvalue weighted by Crippen LogP contribution is 2.47. The highest BCUT2D eigenvalue weighted by Gasteiger charge is 2.44. The number of hydrogen-bond acceptors (Lipinski definition) is 5. The minimum Gasteiger partial charge on any atom is -0.395 e. The predicted molar refractivity (Wildman–Crippen MR) is 82.9 cm³/mol. The minimum absolute atomic E-state index is 0.0234. The molecule has 1 aliphatic rings. The topological polar surface area (TPSA) is 83.8 Å². The van der Waals surface area contributed by atoms with Gasteiger partial charge in [0.2, 0.25) is 0 Å². The van der Waals surface area contributed by atoms with Crippen molar-refractivity contribution in [2.45, 2.75) is 13.2 Å². The summed E-state index contributed by atoms with van der Waals surface area (Å²) < 4.78 is 36.0. The Morgan fingerprint density at radius 2 is 1.96 bits per heavy atom. The number of para-hydroxylation sites is 1. The molecule has 4 rings (SSSR count). The zero-order chi connectivity index (χ0) is 17.6. The molecule has 0 unspecified atom stereocenters. The first kappa shape index (κ1) is 15.1. The molecule has 6 nitrogen and oxygen atoms in total. The number of nitrogens with one attached hydrogen (secondary N) is 1. The van der Waals surface area contributed by atoms with E-state index in [1.165, 1.54) is 6.07 Å². The summed E-state index contributed by atoms with van der Waals surface area (Å²) in [4.78, 5) is 0. The average Bonchev–Trinajstić information content (AvgIpc) is 3.15. The van der Waals surface area contributed by atoms with E-state index in [4.69, 9.17) is 5.26 Å². The summed E-state index contributed by atoms with van der Waals surface area (Å²) in [5.74, 6) is -0.0468. The van der Waals surface area contributed by atoms with E-state index < -0.39 is 6.29 Å². The Morgan fingerprint density at radius 1 is 1.16 bits per heavy atom. The second-order valence-corrected chi connectivity index (χ2v) is 5.54. The first-order valence-electron chi connectivity index (χ1n) is 7.29. The zero-order valence-electron chi connectivity index (χ0n) is 12.9. The molecule has 0 bridgehead atoms. The summed E-state index contributed by atoms with van der Waals surface area (Å²) in [7, 11) is 0. The second-order valence-electron chi connectivity index (χ2n) is 5.54. The molecule has 25 heavy (non-hydrogen) atoms. The lowest BCUT2D eigenvalue weighted by Gasteiger charge is -2.10. The van der Waals surface area contributed by atoms with Gasteiger partial charge in [0.05, 0.1) is 0 Å². The number of aromatic nitrogens is 3. The van der Waals surface area contributed by atoms with Crippen molar-refractivity contribution < 1.29 is 18.3 Å². The number of ether oxygens (including phenoxy) is 2. The van der Waals surface area contributed by atoms with Crippen LogP contribution in [0.15, 0.2) is 36.4 Å². The van der Waals surface area contributed by atoms with Gasteiger partial charge in [-0.1, -0.05) is 23.4 Å². The minimum atomic E-state index is -3.69. The summed E-state index contributed by atoms with van der Waals surface area (Å²) >= 11 is 0. The number of aryl methyl sites for hydroxylation is 1. The summed E-state index contributed by atoms with van der Waals surface area (Å²) in [6, 6.07) is 12.1. The number of rotatable bonds is 2. The van der Waals surface area contributed by atoms with Gasteiger partial charge in [-0.05, 0) is 36.2 Å². The van der Waals surface area contributed by atoms with Crippen LogP contribution in [-0.2, 0) is 0 Å². The molecule has 0 saturated carbocycles. The van der Waals surface area contributed by atoms with Crippen LogP contribution < -0.4 is 9.47 Å². The van der Waals surface area contributed by atoms with Gasteiger partial charge < -0.3 is 9.47 Å². The lowest BCUT2D eigenvalue weighted by molar-refractivity contribution is -0.286. The van der Waals surface area contributed by atoms with E-state index >= 15 is 0 Å². The summed E-state index contributed by atoms with van der Waals surface area (Å²) in [6.45, 7) is 1.86. The molecule has 1 aliphatic heterocycles. The van der Waals surface area contributed by atoms with Gasteiger partial charge in [0.25, 0.3) is 0 Å². The van der Waals surface area contributed by atoms with Gasteiger partial charge >= 0.3 is 6.29 Å². The number of nitriles is 1. The van der Waals surface area contributed by atoms with E-state index in [1.54, 1.807) is 18.2 Å². The molecule has 3 aromatic rings. The Kier molecular flexibility index (Phi) is 3.18. The first-order chi connectivity index (χ1) is 12.0. The number of H-pyrrole nitrogens is 1. The quantitative estimate of drug-likeness (QED) is 0.770. The van der Waals surface area contributed by atoms with E-state index in [-0.39, 0.29) is 17.2 Å². The number of nitrogens with zero attached hydrogens (tertiary/aromatic N) is 3. The second kappa shape index (κ2) is 5.27. The Hall–Kier alpha value is -3.47. The van der Waals surface area contributed by atoms with Gasteiger partial charge in [0.1, 0.15) is 11.8 Å². The molecule has 2 aromatic carbocycles. The number of benzene rings is 2. The maximum atomic E-state index is 13.4. The molecule has 1 aromatic heterocycles. The number of aromatic amines is 1. The van der Waals surface area contributed by atoms with Crippen LogP contribution in [-0.4, -0.2) is 21.7 Å². The molecule has 0 aliphatic carbocycles. The summed E-state index contributed by atoms with van der Waals surface area (Å²) in [5, 5.41) is 19.2.